The lowest BCUT2D eigenvalue weighted by atomic mass is 10.0. The van der Waals surface area contributed by atoms with E-state index in [0.717, 1.165) is 0 Å². The number of amides is 1. The van der Waals surface area contributed by atoms with E-state index < -0.39 is 35.3 Å². The van der Waals surface area contributed by atoms with Gasteiger partial charge in [-0.2, -0.15) is 0 Å². The zero-order valence-corrected chi connectivity index (χ0v) is 15.0. The van der Waals surface area contributed by atoms with Gasteiger partial charge < -0.3 is 30.6 Å². The van der Waals surface area contributed by atoms with Gasteiger partial charge in [-0.1, -0.05) is 0 Å². The van der Waals surface area contributed by atoms with Gasteiger partial charge >= 0.3 is 5.97 Å². The number of nitrogen functional groups attached to an aromatic ring is 1. The Morgan fingerprint density at radius 3 is 2.76 bits per heavy atom. The van der Waals surface area contributed by atoms with E-state index >= 15 is 0 Å². The summed E-state index contributed by atoms with van der Waals surface area (Å²) >= 11 is 0. The summed E-state index contributed by atoms with van der Waals surface area (Å²) in [6.45, 7) is -0.319. The number of hydrogen-bond acceptors (Lipinski definition) is 7. The van der Waals surface area contributed by atoms with Crippen LogP contribution in [0.2, 0.25) is 0 Å². The summed E-state index contributed by atoms with van der Waals surface area (Å²) in [6, 6.07) is 6.64. The summed E-state index contributed by atoms with van der Waals surface area (Å²) in [6.07, 6.45) is 1.57. The molecule has 0 saturated heterocycles. The van der Waals surface area contributed by atoms with Crippen LogP contribution in [0.15, 0.2) is 35.3 Å². The van der Waals surface area contributed by atoms with Gasteiger partial charge in [0.1, 0.15) is 30.3 Å². The molecule has 1 aliphatic rings. The molecule has 29 heavy (non-hydrogen) atoms. The number of carboxylic acids is 1. The molecular weight excluding hydrogens is 380 g/mol. The maximum Gasteiger partial charge on any atom is 0.322 e. The molecule has 0 bridgehead atoms. The van der Waals surface area contributed by atoms with Crippen molar-refractivity contribution in [1.82, 2.24) is 14.9 Å². The molecule has 3 heterocycles. The van der Waals surface area contributed by atoms with E-state index in [9.17, 15) is 19.5 Å². The number of ether oxygens (including phenoxy) is 1. The zero-order valence-electron chi connectivity index (χ0n) is 15.0. The Morgan fingerprint density at radius 1 is 1.28 bits per heavy atom. The van der Waals surface area contributed by atoms with Crippen molar-refractivity contribution in [1.29, 1.82) is 0 Å². The van der Waals surface area contributed by atoms with E-state index in [2.05, 4.69) is 10.3 Å². The number of aromatic nitrogens is 2. The van der Waals surface area contributed by atoms with E-state index in [1.807, 2.05) is 0 Å². The van der Waals surface area contributed by atoms with Gasteiger partial charge in [0.05, 0.1) is 12.1 Å². The molecule has 10 nitrogen and oxygen atoms in total. The van der Waals surface area contributed by atoms with Crippen LogP contribution in [0, 0.1) is 0 Å². The highest BCUT2D eigenvalue weighted by Gasteiger charge is 2.27. The van der Waals surface area contributed by atoms with Crippen LogP contribution in [0.5, 0.6) is 11.5 Å². The van der Waals surface area contributed by atoms with Crippen molar-refractivity contribution in [2.24, 2.45) is 0 Å². The second-order valence-corrected chi connectivity index (χ2v) is 6.42. The van der Waals surface area contributed by atoms with Gasteiger partial charge in [-0.05, 0) is 24.3 Å². The van der Waals surface area contributed by atoms with E-state index in [-0.39, 0.29) is 18.5 Å². The van der Waals surface area contributed by atoms with Crippen molar-refractivity contribution >= 4 is 28.6 Å². The van der Waals surface area contributed by atoms with E-state index in [4.69, 9.17) is 15.6 Å². The number of hydrogen-bond donors (Lipinski definition) is 4. The smallest absolute Gasteiger partial charge is 0.322 e. The van der Waals surface area contributed by atoms with Crippen LogP contribution in [0.4, 0.5) is 5.82 Å². The van der Waals surface area contributed by atoms with Crippen LogP contribution < -0.4 is 21.3 Å². The lowest BCUT2D eigenvalue weighted by Gasteiger charge is -2.24. The quantitative estimate of drug-likeness (QED) is 0.498. The number of carbonyl (C=O) groups excluding carboxylic acids is 1. The highest BCUT2D eigenvalue weighted by molar-refractivity contribution is 6.05. The van der Waals surface area contributed by atoms with Crippen molar-refractivity contribution in [2.45, 2.75) is 6.54 Å². The van der Waals surface area contributed by atoms with Crippen LogP contribution in [0.1, 0.15) is 10.4 Å². The summed E-state index contributed by atoms with van der Waals surface area (Å²) in [5, 5.41) is 21.7. The van der Waals surface area contributed by atoms with Crippen molar-refractivity contribution in [2.75, 3.05) is 18.9 Å². The van der Waals surface area contributed by atoms with Gasteiger partial charge in [-0.3, -0.25) is 14.4 Å². The summed E-state index contributed by atoms with van der Waals surface area (Å²) < 4.78 is 7.14. The molecule has 1 aromatic carbocycles. The molecule has 3 aromatic rings. The van der Waals surface area contributed by atoms with Gasteiger partial charge in [0.2, 0.25) is 0 Å². The molecule has 0 atom stereocenters. The second-order valence-electron chi connectivity index (χ2n) is 6.42. The number of aliphatic carboxylic acids is 1. The number of anilines is 1. The number of pyridine rings is 2. The number of nitrogens with one attached hydrogen (secondary N) is 1. The van der Waals surface area contributed by atoms with Crippen LogP contribution in [0.3, 0.4) is 0 Å². The predicted octanol–water partition coefficient (Wildman–Crippen LogP) is 0.558. The Kier molecular flexibility index (Phi) is 4.30. The number of carbonyl (C=O) groups is 2. The standard InChI is InChI=1S/C19H16N4O6/c20-12-4-1-9(7-21-12)10-2-3-11-15-17(10)29-6-5-23(15)19(28)14(16(11)26)18(27)22-8-13(24)25/h1-4,7,26H,5-6,8H2,(H2,20,21)(H,22,27)(H,24,25). The zero-order chi connectivity index (χ0) is 20.7. The largest absolute Gasteiger partial charge is 0.506 e. The molecule has 0 unspecified atom stereocenters. The third kappa shape index (κ3) is 3.00. The van der Waals surface area contributed by atoms with Crippen LogP contribution in [0.25, 0.3) is 22.0 Å². The Bertz CT molecular complexity index is 1220. The third-order valence-corrected chi connectivity index (χ3v) is 4.64. The first-order chi connectivity index (χ1) is 13.9. The Labute approximate surface area is 163 Å². The molecule has 0 aliphatic carbocycles. The number of nitrogens with zero attached hydrogens (tertiary/aromatic N) is 2. The van der Waals surface area contributed by atoms with Gasteiger partial charge in [-0.15, -0.1) is 0 Å². The van der Waals surface area contributed by atoms with Crippen molar-refractivity contribution < 1.29 is 24.5 Å². The molecule has 4 rings (SSSR count). The molecule has 0 spiro atoms. The minimum absolute atomic E-state index is 0.172. The average molecular weight is 396 g/mol. The Hall–Kier alpha value is -4.08. The lowest BCUT2D eigenvalue weighted by Crippen LogP contribution is -2.37. The van der Waals surface area contributed by atoms with Crippen molar-refractivity contribution in [3.05, 3.63) is 46.4 Å². The predicted molar refractivity (Wildman–Crippen MR) is 103 cm³/mol. The van der Waals surface area contributed by atoms with Crippen LogP contribution >= 0.6 is 0 Å². The molecular formula is C19H16N4O6. The normalized spacial score (nSPS) is 12.4. The molecule has 2 aromatic heterocycles. The number of benzene rings is 1. The molecule has 0 radical (unpaired) electrons. The van der Waals surface area contributed by atoms with Gasteiger partial charge in [-0.25, -0.2) is 4.98 Å². The maximum atomic E-state index is 12.9. The molecule has 0 fully saturated rings. The fourth-order valence-electron chi connectivity index (χ4n) is 3.34. The van der Waals surface area contributed by atoms with Gasteiger partial charge in [0.25, 0.3) is 11.5 Å². The molecule has 0 saturated carbocycles. The molecule has 1 amide bonds. The molecule has 5 N–H and O–H groups in total. The first kappa shape index (κ1) is 18.3. The van der Waals surface area contributed by atoms with Crippen LogP contribution in [-0.4, -0.2) is 44.8 Å². The summed E-state index contributed by atoms with van der Waals surface area (Å²) in [4.78, 5) is 40.0. The first-order valence-corrected chi connectivity index (χ1v) is 8.65. The van der Waals surface area contributed by atoms with Crippen molar-refractivity contribution in [3.8, 4) is 22.6 Å². The minimum atomic E-state index is -1.27. The lowest BCUT2D eigenvalue weighted by molar-refractivity contribution is -0.135. The second kappa shape index (κ2) is 6.82. The van der Waals surface area contributed by atoms with Crippen LogP contribution in [-0.2, 0) is 11.3 Å². The number of carboxylic acid groups (broad SMARTS) is 1. The third-order valence-electron chi connectivity index (χ3n) is 4.64. The average Bonchev–Trinajstić information content (AvgIpc) is 2.71. The summed E-state index contributed by atoms with van der Waals surface area (Å²) in [5.74, 6) is -2.02. The first-order valence-electron chi connectivity index (χ1n) is 8.65. The fraction of sp³-hybridized carbons (Fsp3) is 0.158. The highest BCUT2D eigenvalue weighted by atomic mass is 16.5. The highest BCUT2D eigenvalue weighted by Crippen LogP contribution is 2.41. The summed E-state index contributed by atoms with van der Waals surface area (Å²) in [7, 11) is 0. The molecule has 1 aliphatic heterocycles. The van der Waals surface area contributed by atoms with Gasteiger partial charge in [0.15, 0.2) is 5.75 Å². The SMILES string of the molecule is Nc1ccc(-c2ccc3c(O)c(C(=O)NCC(=O)O)c(=O)n4c3c2OCC4)cn1. The van der Waals surface area contributed by atoms with Crippen molar-refractivity contribution in [3.63, 3.8) is 0 Å². The summed E-state index contributed by atoms with van der Waals surface area (Å²) in [5.41, 5.74) is 6.11. The monoisotopic (exact) mass is 396 g/mol. The number of nitrogens with two attached hydrogens (primary N) is 1. The Morgan fingerprint density at radius 2 is 2.07 bits per heavy atom. The molecule has 148 valence electrons. The fourth-order valence-corrected chi connectivity index (χ4v) is 3.34. The topological polar surface area (TPSA) is 157 Å². The minimum Gasteiger partial charge on any atom is -0.506 e. The maximum absolute atomic E-state index is 12.9. The van der Waals surface area contributed by atoms with E-state index in [1.54, 1.807) is 30.5 Å². The molecule has 10 heteroatoms. The van der Waals surface area contributed by atoms with E-state index in [0.29, 0.717) is 28.2 Å². The van der Waals surface area contributed by atoms with E-state index in [1.165, 1.54) is 4.57 Å². The van der Waals surface area contributed by atoms with Gasteiger partial charge in [0, 0.05) is 22.7 Å². The number of rotatable bonds is 4. The Balaban J connectivity index is 1.94. The number of aromatic hydroxyl groups is 1.